The largest absolute Gasteiger partial charge is 0.304 e. The summed E-state index contributed by atoms with van der Waals surface area (Å²) in [7, 11) is 2.20. The van der Waals surface area contributed by atoms with Gasteiger partial charge in [-0.3, -0.25) is 13.2 Å². The standard InChI is InChI=1S/C14H27IN4O/c1-17-6-8-19(9-7-17)11-10-18-4-2-13(3-5-18)12-14(20)16-15/h13H,2-12H2,1H3,(H,16,20). The molecule has 0 saturated carbocycles. The van der Waals surface area contributed by atoms with E-state index in [0.29, 0.717) is 12.3 Å². The molecule has 2 saturated heterocycles. The molecule has 2 heterocycles. The van der Waals surface area contributed by atoms with E-state index in [2.05, 4.69) is 25.3 Å². The molecule has 116 valence electrons. The summed E-state index contributed by atoms with van der Waals surface area (Å²) in [4.78, 5) is 18.9. The Bertz CT molecular complexity index is 300. The zero-order valence-corrected chi connectivity index (χ0v) is 14.6. The molecule has 0 spiro atoms. The van der Waals surface area contributed by atoms with Crippen LogP contribution in [0.25, 0.3) is 0 Å². The number of amides is 1. The Kier molecular flexibility index (Phi) is 7.00. The van der Waals surface area contributed by atoms with Gasteiger partial charge in [0.25, 0.3) is 0 Å². The molecular weight excluding hydrogens is 367 g/mol. The second-order valence-corrected chi connectivity index (χ2v) is 6.69. The minimum Gasteiger partial charge on any atom is -0.304 e. The first-order valence-corrected chi connectivity index (χ1v) is 8.78. The molecule has 5 nitrogen and oxygen atoms in total. The van der Waals surface area contributed by atoms with Gasteiger partial charge in [0.15, 0.2) is 0 Å². The first-order valence-electron chi connectivity index (χ1n) is 7.70. The zero-order chi connectivity index (χ0) is 14.4. The monoisotopic (exact) mass is 394 g/mol. The number of halogens is 1. The van der Waals surface area contributed by atoms with Crippen LogP contribution in [-0.2, 0) is 4.79 Å². The minimum absolute atomic E-state index is 0.182. The molecule has 20 heavy (non-hydrogen) atoms. The highest BCUT2D eigenvalue weighted by molar-refractivity contribution is 14.1. The number of hydrogen-bond acceptors (Lipinski definition) is 4. The molecule has 1 amide bonds. The van der Waals surface area contributed by atoms with E-state index >= 15 is 0 Å². The smallest absolute Gasteiger partial charge is 0.228 e. The van der Waals surface area contributed by atoms with E-state index in [1.54, 1.807) is 0 Å². The van der Waals surface area contributed by atoms with Crippen LogP contribution in [0, 0.1) is 5.92 Å². The van der Waals surface area contributed by atoms with Crippen LogP contribution in [0.4, 0.5) is 0 Å². The van der Waals surface area contributed by atoms with Crippen molar-refractivity contribution in [2.45, 2.75) is 19.3 Å². The lowest BCUT2D eigenvalue weighted by Crippen LogP contribution is -2.47. The van der Waals surface area contributed by atoms with E-state index in [0.717, 1.165) is 13.1 Å². The van der Waals surface area contributed by atoms with E-state index < -0.39 is 0 Å². The average Bonchev–Trinajstić information content (AvgIpc) is 2.48. The Hall–Kier alpha value is 0.0800. The molecule has 0 radical (unpaired) electrons. The SMILES string of the molecule is CN1CCN(CCN2CCC(CC(=O)NI)CC2)CC1. The van der Waals surface area contributed by atoms with Gasteiger partial charge in [0.2, 0.25) is 5.91 Å². The Morgan fingerprint density at radius 3 is 2.15 bits per heavy atom. The fourth-order valence-corrected chi connectivity index (χ4v) is 3.29. The second-order valence-electron chi connectivity index (χ2n) is 6.15. The molecule has 0 atom stereocenters. The molecule has 2 fully saturated rings. The third-order valence-corrected chi connectivity index (χ3v) is 5.22. The quantitative estimate of drug-likeness (QED) is 0.553. The summed E-state index contributed by atoms with van der Waals surface area (Å²) in [6, 6.07) is 0. The highest BCUT2D eigenvalue weighted by Gasteiger charge is 2.22. The first kappa shape index (κ1) is 16.5. The molecule has 0 unspecified atom stereocenters. The van der Waals surface area contributed by atoms with Crippen molar-refractivity contribution in [3.8, 4) is 0 Å². The fraction of sp³-hybridized carbons (Fsp3) is 0.929. The van der Waals surface area contributed by atoms with E-state index in [-0.39, 0.29) is 5.91 Å². The summed E-state index contributed by atoms with van der Waals surface area (Å²) in [5.41, 5.74) is 0. The number of piperidine rings is 1. The Balaban J connectivity index is 1.59. The molecule has 0 aliphatic carbocycles. The topological polar surface area (TPSA) is 38.8 Å². The highest BCUT2D eigenvalue weighted by Crippen LogP contribution is 2.20. The maximum atomic E-state index is 11.4. The molecule has 0 bridgehead atoms. The number of piperazine rings is 1. The van der Waals surface area contributed by atoms with Crippen molar-refractivity contribution in [1.29, 1.82) is 0 Å². The second kappa shape index (κ2) is 8.51. The van der Waals surface area contributed by atoms with Crippen molar-refractivity contribution in [2.75, 3.05) is 59.4 Å². The maximum Gasteiger partial charge on any atom is 0.228 e. The van der Waals surface area contributed by atoms with Crippen molar-refractivity contribution < 1.29 is 4.79 Å². The number of likely N-dealkylation sites (N-methyl/N-ethyl adjacent to an activating group) is 1. The molecular formula is C14H27IN4O. The summed E-state index contributed by atoms with van der Waals surface area (Å²) >= 11 is 1.93. The van der Waals surface area contributed by atoms with E-state index in [1.807, 2.05) is 22.9 Å². The molecule has 2 aliphatic rings. The van der Waals surface area contributed by atoms with Gasteiger partial charge in [0.1, 0.15) is 0 Å². The molecule has 2 rings (SSSR count). The average molecular weight is 394 g/mol. The van der Waals surface area contributed by atoms with E-state index in [9.17, 15) is 4.79 Å². The predicted molar refractivity (Wildman–Crippen MR) is 89.9 cm³/mol. The summed E-state index contributed by atoms with van der Waals surface area (Å²) in [5, 5.41) is 0. The van der Waals surface area contributed by atoms with Gasteiger partial charge < -0.3 is 9.80 Å². The van der Waals surface area contributed by atoms with Crippen LogP contribution in [0.1, 0.15) is 19.3 Å². The van der Waals surface area contributed by atoms with Crippen molar-refractivity contribution in [3.05, 3.63) is 0 Å². The summed E-state index contributed by atoms with van der Waals surface area (Å²) < 4.78 is 2.70. The molecule has 1 N–H and O–H groups in total. The predicted octanol–water partition coefficient (Wildman–Crippen LogP) is 0.802. The minimum atomic E-state index is 0.182. The fourth-order valence-electron chi connectivity index (χ4n) is 3.07. The molecule has 0 aromatic heterocycles. The van der Waals surface area contributed by atoms with Crippen molar-refractivity contribution in [1.82, 2.24) is 18.2 Å². The van der Waals surface area contributed by atoms with Gasteiger partial charge in [0, 0.05) is 45.7 Å². The summed E-state index contributed by atoms with van der Waals surface area (Å²) in [6.07, 6.45) is 3.05. The Morgan fingerprint density at radius 2 is 1.60 bits per heavy atom. The number of carbonyl (C=O) groups is 1. The van der Waals surface area contributed by atoms with Gasteiger partial charge in [0.05, 0.1) is 22.9 Å². The van der Waals surface area contributed by atoms with Crippen molar-refractivity contribution >= 4 is 28.8 Å². The Morgan fingerprint density at radius 1 is 1.05 bits per heavy atom. The maximum absolute atomic E-state index is 11.4. The molecule has 6 heteroatoms. The number of carbonyl (C=O) groups excluding carboxylic acids is 1. The number of nitrogens with zero attached hydrogens (tertiary/aromatic N) is 3. The van der Waals surface area contributed by atoms with Crippen LogP contribution < -0.4 is 3.53 Å². The normalized spacial score (nSPS) is 23.9. The highest BCUT2D eigenvalue weighted by atomic mass is 127. The van der Waals surface area contributed by atoms with Crippen molar-refractivity contribution in [2.24, 2.45) is 5.92 Å². The van der Waals surface area contributed by atoms with Gasteiger partial charge >= 0.3 is 0 Å². The first-order chi connectivity index (χ1) is 9.67. The van der Waals surface area contributed by atoms with Crippen molar-refractivity contribution in [3.63, 3.8) is 0 Å². The van der Waals surface area contributed by atoms with Crippen LogP contribution in [0.5, 0.6) is 0 Å². The third-order valence-electron chi connectivity index (χ3n) is 4.61. The van der Waals surface area contributed by atoms with Crippen LogP contribution in [0.15, 0.2) is 0 Å². The summed E-state index contributed by atoms with van der Waals surface area (Å²) in [5.74, 6) is 0.770. The third kappa shape index (κ3) is 5.46. The van der Waals surface area contributed by atoms with Gasteiger partial charge in [-0.25, -0.2) is 0 Å². The van der Waals surface area contributed by atoms with Gasteiger partial charge in [-0.2, -0.15) is 0 Å². The molecule has 0 aromatic rings. The van der Waals surface area contributed by atoms with Crippen LogP contribution in [-0.4, -0.2) is 80.0 Å². The van der Waals surface area contributed by atoms with Crippen LogP contribution in [0.3, 0.4) is 0 Å². The lowest BCUT2D eigenvalue weighted by molar-refractivity contribution is -0.120. The van der Waals surface area contributed by atoms with E-state index in [1.165, 1.54) is 52.1 Å². The number of hydrogen-bond donors (Lipinski definition) is 1. The number of rotatable bonds is 5. The van der Waals surface area contributed by atoms with Gasteiger partial charge in [-0.1, -0.05) is 0 Å². The Labute approximate surface area is 136 Å². The lowest BCUT2D eigenvalue weighted by atomic mass is 9.93. The van der Waals surface area contributed by atoms with Crippen LogP contribution in [0.2, 0.25) is 0 Å². The lowest BCUT2D eigenvalue weighted by Gasteiger charge is -2.36. The molecule has 2 aliphatic heterocycles. The van der Waals surface area contributed by atoms with E-state index in [4.69, 9.17) is 0 Å². The summed E-state index contributed by atoms with van der Waals surface area (Å²) in [6.45, 7) is 9.54. The van der Waals surface area contributed by atoms with Gasteiger partial charge in [-0.15, -0.1) is 0 Å². The van der Waals surface area contributed by atoms with Crippen LogP contribution >= 0.6 is 22.9 Å². The number of likely N-dealkylation sites (tertiary alicyclic amines) is 1. The number of nitrogens with one attached hydrogen (secondary N) is 1. The molecule has 0 aromatic carbocycles. The zero-order valence-electron chi connectivity index (χ0n) is 12.5. The van der Waals surface area contributed by atoms with Gasteiger partial charge in [-0.05, 0) is 38.9 Å².